The molecule has 0 unspecified atom stereocenters. The highest BCUT2D eigenvalue weighted by Crippen LogP contribution is 2.40. The lowest BCUT2D eigenvalue weighted by Crippen LogP contribution is -2.09. The van der Waals surface area contributed by atoms with Gasteiger partial charge in [0, 0.05) is 5.56 Å². The van der Waals surface area contributed by atoms with Crippen molar-refractivity contribution < 1.29 is 0 Å². The maximum atomic E-state index is 4.70. The fourth-order valence-corrected chi connectivity index (χ4v) is 4.19. The molecule has 0 saturated heterocycles. The summed E-state index contributed by atoms with van der Waals surface area (Å²) in [6, 6.07) is 15.1. The first kappa shape index (κ1) is 22.1. The highest BCUT2D eigenvalue weighted by molar-refractivity contribution is 5.91. The first-order valence-electron chi connectivity index (χ1n) is 11.1. The van der Waals surface area contributed by atoms with Crippen molar-refractivity contribution in [2.75, 3.05) is 5.43 Å². The zero-order valence-electron chi connectivity index (χ0n) is 19.6. The fourth-order valence-electron chi connectivity index (χ4n) is 4.19. The Morgan fingerprint density at radius 1 is 0.900 bits per heavy atom. The summed E-state index contributed by atoms with van der Waals surface area (Å²) in [4.78, 5) is 0. The number of allylic oxidation sites excluding steroid dienone is 4. The first-order chi connectivity index (χ1) is 14.2. The molecule has 1 aliphatic rings. The highest BCUT2D eigenvalue weighted by atomic mass is 15.3. The molecule has 0 atom stereocenters. The van der Waals surface area contributed by atoms with Gasteiger partial charge in [-0.25, -0.2) is 0 Å². The molecule has 0 heterocycles. The van der Waals surface area contributed by atoms with Gasteiger partial charge in [0.15, 0.2) is 0 Å². The molecule has 0 fully saturated rings. The normalized spacial score (nSPS) is 14.6. The van der Waals surface area contributed by atoms with Gasteiger partial charge in [0.25, 0.3) is 0 Å². The second-order valence-electron chi connectivity index (χ2n) is 9.83. The summed E-state index contributed by atoms with van der Waals surface area (Å²) in [5, 5.41) is 4.70. The molecule has 1 aliphatic carbocycles. The summed E-state index contributed by atoms with van der Waals surface area (Å²) in [6.45, 7) is 15.8. The van der Waals surface area contributed by atoms with E-state index in [1.54, 1.807) is 0 Å². The number of nitrogens with zero attached hydrogens (tertiary/aromatic N) is 1. The Hall–Kier alpha value is -2.61. The monoisotopic (exact) mass is 400 g/mol. The van der Waals surface area contributed by atoms with Crippen LogP contribution in [0.2, 0.25) is 0 Å². The van der Waals surface area contributed by atoms with Crippen molar-refractivity contribution in [2.24, 2.45) is 10.5 Å². The largest absolute Gasteiger partial charge is 0.278 e. The van der Waals surface area contributed by atoms with Gasteiger partial charge in [-0.1, -0.05) is 103 Å². The van der Waals surface area contributed by atoms with Crippen LogP contribution >= 0.6 is 0 Å². The van der Waals surface area contributed by atoms with Gasteiger partial charge < -0.3 is 0 Å². The third-order valence-electron chi connectivity index (χ3n) is 5.78. The number of hydrogen-bond donors (Lipinski definition) is 1. The predicted molar refractivity (Wildman–Crippen MR) is 132 cm³/mol. The molecule has 30 heavy (non-hydrogen) atoms. The number of hydrazone groups is 1. The average Bonchev–Trinajstić information content (AvgIpc) is 3.18. The van der Waals surface area contributed by atoms with E-state index in [1.807, 2.05) is 6.21 Å². The van der Waals surface area contributed by atoms with Gasteiger partial charge in [-0.05, 0) is 51.5 Å². The Bertz CT molecular complexity index is 956. The lowest BCUT2D eigenvalue weighted by atomic mass is 9.82. The van der Waals surface area contributed by atoms with Gasteiger partial charge in [-0.3, -0.25) is 5.43 Å². The van der Waals surface area contributed by atoms with E-state index in [1.165, 1.54) is 27.8 Å². The van der Waals surface area contributed by atoms with Crippen molar-refractivity contribution in [2.45, 2.75) is 66.7 Å². The molecule has 2 heteroatoms. The molecular weight excluding hydrogens is 364 g/mol. The van der Waals surface area contributed by atoms with Crippen LogP contribution in [0.25, 0.3) is 5.57 Å². The lowest BCUT2D eigenvalue weighted by molar-refractivity contribution is 0.520. The molecule has 0 radical (unpaired) electrons. The van der Waals surface area contributed by atoms with E-state index in [-0.39, 0.29) is 5.41 Å². The molecule has 0 aromatic heterocycles. The van der Waals surface area contributed by atoms with Crippen molar-refractivity contribution in [3.63, 3.8) is 0 Å². The number of hydrogen-bond acceptors (Lipinski definition) is 2. The summed E-state index contributed by atoms with van der Waals surface area (Å²) >= 11 is 0. The van der Waals surface area contributed by atoms with Gasteiger partial charge in [0.1, 0.15) is 0 Å². The first-order valence-corrected chi connectivity index (χ1v) is 11.1. The predicted octanol–water partition coefficient (Wildman–Crippen LogP) is 8.14. The second kappa shape index (κ2) is 9.04. The fraction of sp³-hybridized carbons (Fsp3) is 0.393. The van der Waals surface area contributed by atoms with E-state index in [9.17, 15) is 0 Å². The van der Waals surface area contributed by atoms with Gasteiger partial charge >= 0.3 is 0 Å². The third-order valence-corrected chi connectivity index (χ3v) is 5.78. The minimum Gasteiger partial charge on any atom is -0.278 e. The molecular formula is C28H36N2. The van der Waals surface area contributed by atoms with Crippen LogP contribution in [0.5, 0.6) is 0 Å². The summed E-state index contributed by atoms with van der Waals surface area (Å²) in [6.07, 6.45) is 7.52. The topological polar surface area (TPSA) is 24.4 Å². The van der Waals surface area contributed by atoms with E-state index in [2.05, 4.69) is 109 Å². The van der Waals surface area contributed by atoms with Crippen LogP contribution in [0.1, 0.15) is 89.0 Å². The van der Waals surface area contributed by atoms with E-state index in [4.69, 9.17) is 5.10 Å². The average molecular weight is 401 g/mol. The Labute approximate surface area is 182 Å². The van der Waals surface area contributed by atoms with Gasteiger partial charge in [0.05, 0.1) is 11.9 Å². The Kier molecular flexibility index (Phi) is 6.65. The van der Waals surface area contributed by atoms with E-state index >= 15 is 0 Å². The number of anilines is 1. The van der Waals surface area contributed by atoms with Crippen molar-refractivity contribution in [3.05, 3.63) is 82.4 Å². The lowest BCUT2D eigenvalue weighted by Gasteiger charge is -2.22. The van der Waals surface area contributed by atoms with Crippen molar-refractivity contribution in [1.82, 2.24) is 0 Å². The summed E-state index contributed by atoms with van der Waals surface area (Å²) in [5.74, 6) is 0.885. The maximum absolute atomic E-state index is 4.70. The number of benzene rings is 2. The summed E-state index contributed by atoms with van der Waals surface area (Å²) < 4.78 is 0. The van der Waals surface area contributed by atoms with Crippen molar-refractivity contribution in [3.8, 4) is 0 Å². The molecule has 0 aliphatic heterocycles. The molecule has 2 aromatic rings. The zero-order chi connectivity index (χ0) is 21.9. The highest BCUT2D eigenvalue weighted by Gasteiger charge is 2.23. The van der Waals surface area contributed by atoms with Gasteiger partial charge in [-0.2, -0.15) is 5.10 Å². The van der Waals surface area contributed by atoms with Crippen LogP contribution < -0.4 is 5.43 Å². The zero-order valence-corrected chi connectivity index (χ0v) is 19.6. The third kappa shape index (κ3) is 4.75. The molecule has 0 saturated carbocycles. The second-order valence-corrected chi connectivity index (χ2v) is 9.83. The number of nitrogens with one attached hydrogen (secondary N) is 1. The molecule has 2 nitrogen and oxygen atoms in total. The van der Waals surface area contributed by atoms with Gasteiger partial charge in [0.2, 0.25) is 0 Å². The summed E-state index contributed by atoms with van der Waals surface area (Å²) in [5.41, 5.74) is 12.5. The minimum absolute atomic E-state index is 0.132. The molecule has 1 N–H and O–H groups in total. The van der Waals surface area contributed by atoms with Crippen LogP contribution in [-0.2, 0) is 0 Å². The van der Waals surface area contributed by atoms with Crippen molar-refractivity contribution in [1.29, 1.82) is 0 Å². The molecule has 2 aromatic carbocycles. The molecule has 0 amide bonds. The molecule has 3 rings (SSSR count). The quantitative estimate of drug-likeness (QED) is 0.384. The van der Waals surface area contributed by atoms with Crippen LogP contribution in [0.15, 0.2) is 65.3 Å². The smallest absolute Gasteiger partial charge is 0.0630 e. The van der Waals surface area contributed by atoms with Crippen molar-refractivity contribution >= 4 is 17.5 Å². The Morgan fingerprint density at radius 3 is 2.13 bits per heavy atom. The molecule has 0 bridgehead atoms. The molecule has 0 spiro atoms. The van der Waals surface area contributed by atoms with Gasteiger partial charge in [-0.15, -0.1) is 0 Å². The summed E-state index contributed by atoms with van der Waals surface area (Å²) in [7, 11) is 0. The van der Waals surface area contributed by atoms with Crippen LogP contribution in [0.4, 0.5) is 5.69 Å². The SMILES string of the molecule is CC(C)c1cccc(C(C)C)c1NN=Cc1ccccc1C1=C(C(C)(C)C)C=CC1. The number of para-hydroxylation sites is 1. The minimum atomic E-state index is 0.132. The Morgan fingerprint density at radius 2 is 1.53 bits per heavy atom. The van der Waals surface area contributed by atoms with E-state index < -0.39 is 0 Å². The van der Waals surface area contributed by atoms with E-state index in [0.29, 0.717) is 11.8 Å². The van der Waals surface area contributed by atoms with Crippen LogP contribution in [0.3, 0.4) is 0 Å². The Balaban J connectivity index is 1.96. The molecule has 158 valence electrons. The number of rotatable bonds is 6. The van der Waals surface area contributed by atoms with Crippen LogP contribution in [0, 0.1) is 5.41 Å². The van der Waals surface area contributed by atoms with E-state index in [0.717, 1.165) is 17.7 Å². The van der Waals surface area contributed by atoms with Crippen LogP contribution in [-0.4, -0.2) is 6.21 Å². The maximum Gasteiger partial charge on any atom is 0.0630 e. The standard InChI is InChI=1S/C28H36N2/c1-19(2)22-14-10-15-23(20(3)4)27(22)30-29-18-21-12-8-9-13-24(21)25-16-11-17-26(25)28(5,6)7/h8-15,17-20,30H,16H2,1-7H3.